The quantitative estimate of drug-likeness (QED) is 0.656. The van der Waals surface area contributed by atoms with Gasteiger partial charge in [-0.3, -0.25) is 14.9 Å². The van der Waals surface area contributed by atoms with Crippen LogP contribution >= 0.6 is 0 Å². The molecule has 1 unspecified atom stereocenters. The Balaban J connectivity index is 2.06. The minimum atomic E-state index is -0.552. The average molecular weight is 291 g/mol. The van der Waals surface area contributed by atoms with Gasteiger partial charge in [0.2, 0.25) is 5.91 Å². The Kier molecular flexibility index (Phi) is 4.57. The van der Waals surface area contributed by atoms with Crippen molar-refractivity contribution in [3.8, 4) is 0 Å². The summed E-state index contributed by atoms with van der Waals surface area (Å²) in [7, 11) is 0. The molecule has 21 heavy (non-hydrogen) atoms. The number of nitro groups is 1. The molecule has 1 amide bonds. The first-order chi connectivity index (χ1) is 9.90. The van der Waals surface area contributed by atoms with E-state index in [1.54, 1.807) is 12.1 Å². The zero-order chi connectivity index (χ0) is 15.5. The summed E-state index contributed by atoms with van der Waals surface area (Å²) < 4.78 is 0. The lowest BCUT2D eigenvalue weighted by molar-refractivity contribution is -0.384. The van der Waals surface area contributed by atoms with Crippen molar-refractivity contribution in [3.63, 3.8) is 0 Å². The van der Waals surface area contributed by atoms with E-state index in [0.717, 1.165) is 24.9 Å². The van der Waals surface area contributed by atoms with Crippen LogP contribution in [0.25, 0.3) is 0 Å². The number of carbonyl (C=O) groups excluding carboxylic acids is 1. The van der Waals surface area contributed by atoms with Crippen molar-refractivity contribution in [2.75, 3.05) is 13.1 Å². The fourth-order valence-electron chi connectivity index (χ4n) is 2.56. The number of nitrogens with one attached hydrogen (secondary N) is 2. The maximum Gasteiger partial charge on any atom is 0.269 e. The highest BCUT2D eigenvalue weighted by molar-refractivity contribution is 5.80. The van der Waals surface area contributed by atoms with Crippen molar-refractivity contribution in [2.45, 2.75) is 32.2 Å². The van der Waals surface area contributed by atoms with Gasteiger partial charge in [0.05, 0.1) is 16.4 Å². The lowest BCUT2D eigenvalue weighted by Crippen LogP contribution is -2.47. The summed E-state index contributed by atoms with van der Waals surface area (Å²) in [6, 6.07) is 6.31. The summed E-state index contributed by atoms with van der Waals surface area (Å²) >= 11 is 0. The Bertz CT molecular complexity index is 519. The van der Waals surface area contributed by atoms with Crippen molar-refractivity contribution in [1.82, 2.24) is 10.6 Å². The molecule has 1 fully saturated rings. The Morgan fingerprint density at radius 2 is 2.05 bits per heavy atom. The molecule has 2 rings (SSSR count). The summed E-state index contributed by atoms with van der Waals surface area (Å²) in [4.78, 5) is 22.6. The van der Waals surface area contributed by atoms with Gasteiger partial charge in [-0.2, -0.15) is 0 Å². The largest absolute Gasteiger partial charge is 0.347 e. The predicted molar refractivity (Wildman–Crippen MR) is 79.9 cm³/mol. The molecular weight excluding hydrogens is 270 g/mol. The first-order valence-electron chi connectivity index (χ1n) is 7.18. The molecule has 0 bridgehead atoms. The highest BCUT2D eigenvalue weighted by Gasteiger charge is 2.28. The number of non-ortho nitro benzene ring substituents is 1. The number of amides is 1. The zero-order valence-corrected chi connectivity index (χ0v) is 12.4. The first kappa shape index (κ1) is 15.4. The third-order valence-electron chi connectivity index (χ3n) is 3.90. The summed E-state index contributed by atoms with van der Waals surface area (Å²) in [5, 5.41) is 16.9. The van der Waals surface area contributed by atoms with Crippen molar-refractivity contribution >= 4 is 11.6 Å². The van der Waals surface area contributed by atoms with Gasteiger partial charge in [0, 0.05) is 18.7 Å². The molecule has 1 heterocycles. The molecule has 114 valence electrons. The number of nitro benzene ring substituents is 1. The van der Waals surface area contributed by atoms with Crippen molar-refractivity contribution in [3.05, 3.63) is 39.9 Å². The van der Waals surface area contributed by atoms with Gasteiger partial charge in [0.15, 0.2) is 0 Å². The molecule has 1 atom stereocenters. The third kappa shape index (κ3) is 3.78. The van der Waals surface area contributed by atoms with E-state index in [0.29, 0.717) is 6.54 Å². The minimum Gasteiger partial charge on any atom is -0.347 e. The number of benzene rings is 1. The average Bonchev–Trinajstić information content (AvgIpc) is 2.48. The van der Waals surface area contributed by atoms with Gasteiger partial charge in [0.1, 0.15) is 0 Å². The molecule has 1 aromatic rings. The minimum absolute atomic E-state index is 0.00364. The molecule has 1 saturated heterocycles. The van der Waals surface area contributed by atoms with Crippen LogP contribution in [0.1, 0.15) is 32.3 Å². The fraction of sp³-hybridized carbons (Fsp3) is 0.533. The molecule has 1 aliphatic heterocycles. The Morgan fingerprint density at radius 3 is 2.57 bits per heavy atom. The zero-order valence-electron chi connectivity index (χ0n) is 12.4. The lowest BCUT2D eigenvalue weighted by atomic mass is 9.91. The molecule has 0 radical (unpaired) electrons. The molecule has 0 saturated carbocycles. The van der Waals surface area contributed by atoms with E-state index in [1.165, 1.54) is 12.1 Å². The van der Waals surface area contributed by atoms with Crippen LogP contribution in [0.4, 0.5) is 5.69 Å². The van der Waals surface area contributed by atoms with Gasteiger partial charge < -0.3 is 10.6 Å². The number of nitrogens with zero attached hydrogens (tertiary/aromatic N) is 1. The normalized spacial score (nSPS) is 19.0. The van der Waals surface area contributed by atoms with Crippen molar-refractivity contribution in [2.24, 2.45) is 5.92 Å². The highest BCUT2D eigenvalue weighted by Crippen LogP contribution is 2.24. The number of hydrogen-bond acceptors (Lipinski definition) is 4. The van der Waals surface area contributed by atoms with Gasteiger partial charge in [-0.1, -0.05) is 0 Å². The fourth-order valence-corrected chi connectivity index (χ4v) is 2.56. The Labute approximate surface area is 124 Å². The maximum absolute atomic E-state index is 12.3. The van der Waals surface area contributed by atoms with E-state index >= 15 is 0 Å². The molecule has 0 aliphatic carbocycles. The van der Waals surface area contributed by atoms with Crippen LogP contribution < -0.4 is 10.6 Å². The van der Waals surface area contributed by atoms with Gasteiger partial charge >= 0.3 is 0 Å². The SMILES string of the molecule is CC(C)(NC(=O)C1CCCNC1)c1ccc([N+](=O)[O-])cc1. The van der Waals surface area contributed by atoms with Gasteiger partial charge in [-0.05, 0) is 50.9 Å². The van der Waals surface area contributed by atoms with Gasteiger partial charge in [0.25, 0.3) is 5.69 Å². The molecule has 2 N–H and O–H groups in total. The smallest absolute Gasteiger partial charge is 0.269 e. The summed E-state index contributed by atoms with van der Waals surface area (Å²) in [5.74, 6) is 0.0293. The lowest BCUT2D eigenvalue weighted by Gasteiger charge is -2.30. The monoisotopic (exact) mass is 291 g/mol. The van der Waals surface area contributed by atoms with Gasteiger partial charge in [-0.15, -0.1) is 0 Å². The van der Waals surface area contributed by atoms with Crippen molar-refractivity contribution < 1.29 is 9.72 Å². The summed E-state index contributed by atoms with van der Waals surface area (Å²) in [6.45, 7) is 5.49. The first-order valence-corrected chi connectivity index (χ1v) is 7.18. The van der Waals surface area contributed by atoms with E-state index in [4.69, 9.17) is 0 Å². The topological polar surface area (TPSA) is 84.3 Å². The molecule has 1 aromatic carbocycles. The van der Waals surface area contributed by atoms with Crippen LogP contribution in [0, 0.1) is 16.0 Å². The molecular formula is C15H21N3O3. The Hall–Kier alpha value is -1.95. The van der Waals surface area contributed by atoms with Crippen LogP contribution in [0.5, 0.6) is 0 Å². The van der Waals surface area contributed by atoms with Crippen LogP contribution in [-0.2, 0) is 10.3 Å². The number of rotatable bonds is 4. The second-order valence-electron chi connectivity index (χ2n) is 5.96. The second kappa shape index (κ2) is 6.22. The maximum atomic E-state index is 12.3. The molecule has 0 aromatic heterocycles. The predicted octanol–water partition coefficient (Wildman–Crippen LogP) is 1.95. The van der Waals surface area contributed by atoms with Crippen molar-refractivity contribution in [1.29, 1.82) is 0 Å². The van der Waals surface area contributed by atoms with E-state index in [1.807, 2.05) is 13.8 Å². The van der Waals surface area contributed by atoms with E-state index in [-0.39, 0.29) is 17.5 Å². The molecule has 0 spiro atoms. The molecule has 6 heteroatoms. The summed E-state index contributed by atoms with van der Waals surface area (Å²) in [6.07, 6.45) is 1.91. The standard InChI is InChI=1S/C15H21N3O3/c1-15(2,12-5-7-13(8-6-12)18(20)21)17-14(19)11-4-3-9-16-10-11/h5-8,11,16H,3-4,9-10H2,1-2H3,(H,17,19). The number of carbonyl (C=O) groups is 1. The van der Waals surface area contributed by atoms with Crippen LogP contribution in [0.2, 0.25) is 0 Å². The van der Waals surface area contributed by atoms with E-state index in [2.05, 4.69) is 10.6 Å². The summed E-state index contributed by atoms with van der Waals surface area (Å²) in [5.41, 5.74) is 0.353. The number of hydrogen-bond donors (Lipinski definition) is 2. The van der Waals surface area contributed by atoms with Gasteiger partial charge in [-0.25, -0.2) is 0 Å². The third-order valence-corrected chi connectivity index (χ3v) is 3.90. The Morgan fingerprint density at radius 1 is 1.38 bits per heavy atom. The van der Waals surface area contributed by atoms with E-state index in [9.17, 15) is 14.9 Å². The van der Waals surface area contributed by atoms with Crippen LogP contribution in [0.15, 0.2) is 24.3 Å². The van der Waals surface area contributed by atoms with Crippen LogP contribution in [0.3, 0.4) is 0 Å². The highest BCUT2D eigenvalue weighted by atomic mass is 16.6. The molecule has 6 nitrogen and oxygen atoms in total. The second-order valence-corrected chi connectivity index (χ2v) is 5.96. The molecule has 1 aliphatic rings. The number of piperidine rings is 1. The van der Waals surface area contributed by atoms with E-state index < -0.39 is 10.5 Å². The van der Waals surface area contributed by atoms with Crippen LogP contribution in [-0.4, -0.2) is 23.9 Å².